The lowest BCUT2D eigenvalue weighted by atomic mass is 9.68. The predicted octanol–water partition coefficient (Wildman–Crippen LogP) is 3.76. The van der Waals surface area contributed by atoms with E-state index in [1.54, 1.807) is 13.0 Å². The van der Waals surface area contributed by atoms with Crippen LogP contribution in [0.4, 0.5) is 0 Å². The number of nitro groups is 1. The van der Waals surface area contributed by atoms with Crippen molar-refractivity contribution in [3.8, 4) is 0 Å². The van der Waals surface area contributed by atoms with Gasteiger partial charge in [-0.2, -0.15) is 0 Å². The molecule has 0 bridgehead atoms. The summed E-state index contributed by atoms with van der Waals surface area (Å²) in [6.07, 6.45) is 3.07. The molecular formula is C18H31NO5. The first-order valence-corrected chi connectivity index (χ1v) is 8.82. The van der Waals surface area contributed by atoms with Crippen LogP contribution in [-0.4, -0.2) is 35.7 Å². The highest BCUT2D eigenvalue weighted by Crippen LogP contribution is 2.41. The van der Waals surface area contributed by atoms with E-state index in [1.165, 1.54) is 0 Å². The van der Waals surface area contributed by atoms with Gasteiger partial charge in [-0.25, -0.2) is 4.79 Å². The van der Waals surface area contributed by atoms with Gasteiger partial charge in [-0.15, -0.1) is 0 Å². The SMILES string of the molecule is CCOC(=O)C1=C[C@@H](OC(CC)CC)[C@H](C(C)(C)C)C([N+](=O)[O-])C1. The molecule has 0 saturated heterocycles. The number of carbonyl (C=O) groups excluding carboxylic acids is 1. The van der Waals surface area contributed by atoms with E-state index in [9.17, 15) is 14.9 Å². The Bertz CT molecular complexity index is 476. The van der Waals surface area contributed by atoms with E-state index >= 15 is 0 Å². The van der Waals surface area contributed by atoms with Crippen molar-refractivity contribution < 1.29 is 19.2 Å². The zero-order valence-corrected chi connectivity index (χ0v) is 15.7. The molecule has 0 aromatic rings. The van der Waals surface area contributed by atoms with Crippen LogP contribution in [0.1, 0.15) is 60.8 Å². The van der Waals surface area contributed by atoms with Gasteiger partial charge in [-0.3, -0.25) is 10.1 Å². The number of rotatable bonds is 7. The molecule has 1 aliphatic rings. The molecule has 0 N–H and O–H groups in total. The van der Waals surface area contributed by atoms with Crippen molar-refractivity contribution in [2.75, 3.05) is 6.61 Å². The monoisotopic (exact) mass is 341 g/mol. The summed E-state index contributed by atoms with van der Waals surface area (Å²) in [6, 6.07) is -0.853. The average molecular weight is 341 g/mol. The van der Waals surface area contributed by atoms with Crippen LogP contribution in [0.2, 0.25) is 0 Å². The second kappa shape index (κ2) is 8.60. The molecule has 1 unspecified atom stereocenters. The highest BCUT2D eigenvalue weighted by atomic mass is 16.6. The van der Waals surface area contributed by atoms with Gasteiger partial charge in [-0.1, -0.05) is 34.6 Å². The van der Waals surface area contributed by atoms with Gasteiger partial charge < -0.3 is 9.47 Å². The van der Waals surface area contributed by atoms with Gasteiger partial charge in [0.15, 0.2) is 0 Å². The van der Waals surface area contributed by atoms with Crippen LogP contribution >= 0.6 is 0 Å². The lowest BCUT2D eigenvalue weighted by Gasteiger charge is -2.41. The quantitative estimate of drug-likeness (QED) is 0.400. The molecule has 6 heteroatoms. The highest BCUT2D eigenvalue weighted by molar-refractivity contribution is 5.88. The summed E-state index contributed by atoms with van der Waals surface area (Å²) in [7, 11) is 0. The molecule has 1 rings (SSSR count). The fourth-order valence-corrected chi connectivity index (χ4v) is 3.42. The van der Waals surface area contributed by atoms with Crippen molar-refractivity contribution in [1.29, 1.82) is 0 Å². The van der Waals surface area contributed by atoms with E-state index in [0.29, 0.717) is 5.57 Å². The van der Waals surface area contributed by atoms with Crippen LogP contribution in [0.15, 0.2) is 11.6 Å². The van der Waals surface area contributed by atoms with Crippen molar-refractivity contribution in [3.63, 3.8) is 0 Å². The standard InChI is InChI=1S/C18H31NO5/c1-7-13(8-2)24-15-11-12(17(20)23-9-3)10-14(19(21)22)16(15)18(4,5)6/h11,13-16H,7-10H2,1-6H3/t14?,15-,16-/m1/s1. The lowest BCUT2D eigenvalue weighted by molar-refractivity contribution is -0.539. The van der Waals surface area contributed by atoms with E-state index < -0.39 is 18.1 Å². The van der Waals surface area contributed by atoms with E-state index in [2.05, 4.69) is 0 Å². The first-order chi connectivity index (χ1) is 11.1. The topological polar surface area (TPSA) is 78.7 Å². The van der Waals surface area contributed by atoms with Gasteiger partial charge in [0.05, 0.1) is 24.7 Å². The summed E-state index contributed by atoms with van der Waals surface area (Å²) in [5.74, 6) is -0.777. The third-order valence-electron chi connectivity index (χ3n) is 4.63. The Labute approximate surface area is 144 Å². The summed E-state index contributed by atoms with van der Waals surface area (Å²) < 4.78 is 11.2. The minimum atomic E-state index is -0.853. The zero-order chi connectivity index (χ0) is 18.5. The average Bonchev–Trinajstić information content (AvgIpc) is 2.50. The van der Waals surface area contributed by atoms with Crippen molar-refractivity contribution >= 4 is 5.97 Å². The molecule has 0 aromatic heterocycles. The van der Waals surface area contributed by atoms with E-state index in [1.807, 2.05) is 34.6 Å². The van der Waals surface area contributed by atoms with Crippen molar-refractivity contribution in [3.05, 3.63) is 21.8 Å². The number of ether oxygens (including phenoxy) is 2. The van der Waals surface area contributed by atoms with Gasteiger partial charge in [-0.05, 0) is 31.3 Å². The van der Waals surface area contributed by atoms with Crippen molar-refractivity contribution in [2.24, 2.45) is 11.3 Å². The third kappa shape index (κ3) is 5.03. The second-order valence-electron chi connectivity index (χ2n) is 7.40. The fraction of sp³-hybridized carbons (Fsp3) is 0.833. The maximum absolute atomic E-state index is 12.1. The van der Waals surface area contributed by atoms with Crippen LogP contribution in [0.3, 0.4) is 0 Å². The molecule has 0 saturated carbocycles. The smallest absolute Gasteiger partial charge is 0.334 e. The van der Waals surface area contributed by atoms with Crippen LogP contribution in [0, 0.1) is 21.4 Å². The predicted molar refractivity (Wildman–Crippen MR) is 92.3 cm³/mol. The summed E-state index contributed by atoms with van der Waals surface area (Å²) >= 11 is 0. The Balaban J connectivity index is 3.26. The largest absolute Gasteiger partial charge is 0.463 e. The molecule has 1 aliphatic carbocycles. The zero-order valence-electron chi connectivity index (χ0n) is 15.7. The molecule has 0 aliphatic heterocycles. The molecule has 0 aromatic carbocycles. The van der Waals surface area contributed by atoms with Crippen LogP contribution in [0.5, 0.6) is 0 Å². The van der Waals surface area contributed by atoms with Gasteiger partial charge in [0.25, 0.3) is 0 Å². The minimum Gasteiger partial charge on any atom is -0.463 e. The Morgan fingerprint density at radius 1 is 1.33 bits per heavy atom. The molecular weight excluding hydrogens is 310 g/mol. The first kappa shape index (κ1) is 20.6. The molecule has 0 radical (unpaired) electrons. The van der Waals surface area contributed by atoms with Gasteiger partial charge >= 0.3 is 5.97 Å². The summed E-state index contributed by atoms with van der Waals surface area (Å²) in [5, 5.41) is 11.7. The first-order valence-electron chi connectivity index (χ1n) is 8.82. The Hall–Kier alpha value is -1.43. The summed E-state index contributed by atoms with van der Waals surface area (Å²) in [6.45, 7) is 12.0. The van der Waals surface area contributed by atoms with Crippen molar-refractivity contribution in [2.45, 2.75) is 79.1 Å². The molecule has 24 heavy (non-hydrogen) atoms. The fourth-order valence-electron chi connectivity index (χ4n) is 3.42. The summed E-state index contributed by atoms with van der Waals surface area (Å²) in [4.78, 5) is 23.5. The molecule has 0 heterocycles. The molecule has 0 amide bonds. The van der Waals surface area contributed by atoms with Gasteiger partial charge in [0.1, 0.15) is 0 Å². The van der Waals surface area contributed by atoms with Gasteiger partial charge in [0.2, 0.25) is 6.04 Å². The van der Waals surface area contributed by atoms with Crippen LogP contribution in [0.25, 0.3) is 0 Å². The molecule has 3 atom stereocenters. The molecule has 138 valence electrons. The number of nitrogens with zero attached hydrogens (tertiary/aromatic N) is 1. The van der Waals surface area contributed by atoms with Gasteiger partial charge in [0, 0.05) is 16.9 Å². The van der Waals surface area contributed by atoms with Crippen LogP contribution < -0.4 is 0 Å². The third-order valence-corrected chi connectivity index (χ3v) is 4.63. The highest BCUT2D eigenvalue weighted by Gasteiger charge is 2.49. The number of hydrogen-bond donors (Lipinski definition) is 0. The maximum atomic E-state index is 12.1. The van der Waals surface area contributed by atoms with Crippen molar-refractivity contribution in [1.82, 2.24) is 0 Å². The van der Waals surface area contributed by atoms with E-state index in [-0.39, 0.29) is 35.4 Å². The van der Waals surface area contributed by atoms with Crippen LogP contribution in [-0.2, 0) is 14.3 Å². The minimum absolute atomic E-state index is 0.0186. The normalized spacial score (nSPS) is 24.6. The number of hydrogen-bond acceptors (Lipinski definition) is 5. The van der Waals surface area contributed by atoms with E-state index in [4.69, 9.17) is 9.47 Å². The second-order valence-corrected chi connectivity index (χ2v) is 7.40. The molecule has 0 fully saturated rings. The Kier molecular flexibility index (Phi) is 7.39. The maximum Gasteiger partial charge on any atom is 0.334 e. The number of carbonyl (C=O) groups is 1. The van der Waals surface area contributed by atoms with E-state index in [0.717, 1.165) is 12.8 Å². The Morgan fingerprint density at radius 2 is 1.92 bits per heavy atom. The molecule has 6 nitrogen and oxygen atoms in total. The number of esters is 1. The molecule has 0 spiro atoms. The Morgan fingerprint density at radius 3 is 2.33 bits per heavy atom. The lowest BCUT2D eigenvalue weighted by Crippen LogP contribution is -2.49. The summed E-state index contributed by atoms with van der Waals surface area (Å²) in [5.41, 5.74) is 0.0421.